The second-order valence-corrected chi connectivity index (χ2v) is 7.09. The molecule has 0 amide bonds. The third-order valence-electron chi connectivity index (χ3n) is 4.70. The summed E-state index contributed by atoms with van der Waals surface area (Å²) in [4.78, 5) is 0. The zero-order valence-electron chi connectivity index (χ0n) is 9.17. The molecule has 0 unspecified atom stereocenters. The van der Waals surface area contributed by atoms with Crippen LogP contribution in [0.3, 0.4) is 0 Å². The van der Waals surface area contributed by atoms with E-state index in [9.17, 15) is 0 Å². The lowest BCUT2D eigenvalue weighted by atomic mass is 9.50. The van der Waals surface area contributed by atoms with Crippen molar-refractivity contribution in [2.45, 2.75) is 38.5 Å². The molecule has 4 bridgehead atoms. The number of amidine groups is 1. The van der Waals surface area contributed by atoms with Crippen molar-refractivity contribution in [2.75, 3.05) is 5.75 Å². The van der Waals surface area contributed by atoms with Gasteiger partial charge in [0.2, 0.25) is 0 Å². The highest BCUT2D eigenvalue weighted by molar-refractivity contribution is 8.13. The van der Waals surface area contributed by atoms with E-state index in [1.54, 1.807) is 11.8 Å². The number of thioether (sulfide) groups is 1. The van der Waals surface area contributed by atoms with E-state index in [2.05, 4.69) is 0 Å². The summed E-state index contributed by atoms with van der Waals surface area (Å²) in [6.07, 6.45) is 8.80. The number of rotatable bonds is 2. The summed E-state index contributed by atoms with van der Waals surface area (Å²) in [5.41, 5.74) is 6.04. The maximum Gasteiger partial charge on any atom is 0.151 e. The summed E-state index contributed by atoms with van der Waals surface area (Å²) in [5.74, 6) is 4.17. The van der Waals surface area contributed by atoms with E-state index in [0.717, 1.165) is 23.5 Å². The van der Waals surface area contributed by atoms with Gasteiger partial charge in [-0.3, -0.25) is 5.41 Å². The number of nitrogens with one attached hydrogen (secondary N) is 1. The molecular weight excluding hydrogens is 204 g/mol. The topological polar surface area (TPSA) is 49.9 Å². The average Bonchev–Trinajstić information content (AvgIpc) is 2.12. The van der Waals surface area contributed by atoms with E-state index < -0.39 is 0 Å². The zero-order valence-corrected chi connectivity index (χ0v) is 9.98. The molecule has 0 spiro atoms. The molecule has 0 radical (unpaired) electrons. The SMILES string of the molecule is N=C(N)SCC12CC3CC(CC(C3)C1)C2. The Hall–Kier alpha value is -0.180. The van der Waals surface area contributed by atoms with Crippen LogP contribution >= 0.6 is 11.8 Å². The zero-order chi connectivity index (χ0) is 10.5. The summed E-state index contributed by atoms with van der Waals surface area (Å²) in [6, 6.07) is 0. The summed E-state index contributed by atoms with van der Waals surface area (Å²) < 4.78 is 0. The van der Waals surface area contributed by atoms with Gasteiger partial charge < -0.3 is 5.73 Å². The predicted molar refractivity (Wildman–Crippen MR) is 65.0 cm³/mol. The van der Waals surface area contributed by atoms with E-state index in [-0.39, 0.29) is 0 Å². The molecule has 4 rings (SSSR count). The van der Waals surface area contributed by atoms with Gasteiger partial charge in [-0.2, -0.15) is 0 Å². The van der Waals surface area contributed by atoms with Crippen molar-refractivity contribution in [3.63, 3.8) is 0 Å². The second-order valence-electron chi connectivity index (χ2n) is 6.07. The van der Waals surface area contributed by atoms with E-state index in [0.29, 0.717) is 10.6 Å². The van der Waals surface area contributed by atoms with E-state index >= 15 is 0 Å². The summed E-state index contributed by atoms with van der Waals surface area (Å²) in [7, 11) is 0. The average molecular weight is 224 g/mol. The molecule has 0 heterocycles. The van der Waals surface area contributed by atoms with Gasteiger partial charge in [-0.05, 0) is 61.7 Å². The van der Waals surface area contributed by atoms with Gasteiger partial charge >= 0.3 is 0 Å². The number of hydrogen-bond acceptors (Lipinski definition) is 2. The highest BCUT2D eigenvalue weighted by Gasteiger charge is 2.50. The van der Waals surface area contributed by atoms with Crippen molar-refractivity contribution in [3.8, 4) is 0 Å². The first-order valence-electron chi connectivity index (χ1n) is 6.12. The van der Waals surface area contributed by atoms with Gasteiger partial charge in [-0.1, -0.05) is 11.8 Å². The largest absolute Gasteiger partial charge is 0.379 e. The summed E-state index contributed by atoms with van der Waals surface area (Å²) >= 11 is 1.58. The predicted octanol–water partition coefficient (Wildman–Crippen LogP) is 2.83. The molecule has 4 saturated carbocycles. The van der Waals surface area contributed by atoms with Crippen LogP contribution in [0.5, 0.6) is 0 Å². The lowest BCUT2D eigenvalue weighted by Crippen LogP contribution is -2.47. The van der Waals surface area contributed by atoms with Crippen LogP contribution in [-0.2, 0) is 0 Å². The standard InChI is InChI=1S/C12H20N2S/c13-11(14)15-7-12-4-8-1-9(5-12)3-10(2-8)6-12/h8-10H,1-7H2,(H3,13,14). The third-order valence-corrected chi connectivity index (χ3v) is 5.77. The molecule has 15 heavy (non-hydrogen) atoms. The molecule has 0 saturated heterocycles. The van der Waals surface area contributed by atoms with Crippen molar-refractivity contribution in [1.82, 2.24) is 0 Å². The van der Waals surface area contributed by atoms with Gasteiger partial charge in [0.25, 0.3) is 0 Å². The van der Waals surface area contributed by atoms with E-state index in [4.69, 9.17) is 11.1 Å². The highest BCUT2D eigenvalue weighted by Crippen LogP contribution is 2.60. The first-order chi connectivity index (χ1) is 7.15. The maximum absolute atomic E-state index is 7.35. The van der Waals surface area contributed by atoms with Crippen molar-refractivity contribution in [1.29, 1.82) is 5.41 Å². The minimum Gasteiger partial charge on any atom is -0.379 e. The van der Waals surface area contributed by atoms with Crippen LogP contribution in [0.25, 0.3) is 0 Å². The second kappa shape index (κ2) is 3.41. The van der Waals surface area contributed by atoms with Crippen LogP contribution in [0, 0.1) is 28.6 Å². The Morgan fingerprint density at radius 1 is 1.13 bits per heavy atom. The first-order valence-corrected chi connectivity index (χ1v) is 7.11. The molecule has 3 N–H and O–H groups in total. The van der Waals surface area contributed by atoms with Crippen molar-refractivity contribution >= 4 is 16.9 Å². The lowest BCUT2D eigenvalue weighted by Gasteiger charge is -2.56. The summed E-state index contributed by atoms with van der Waals surface area (Å²) in [6.45, 7) is 0. The van der Waals surface area contributed by atoms with Crippen molar-refractivity contribution in [3.05, 3.63) is 0 Å². The highest BCUT2D eigenvalue weighted by atomic mass is 32.2. The quantitative estimate of drug-likeness (QED) is 0.560. The maximum atomic E-state index is 7.35. The van der Waals surface area contributed by atoms with Crippen molar-refractivity contribution in [2.24, 2.45) is 28.9 Å². The Morgan fingerprint density at radius 2 is 1.60 bits per heavy atom. The molecule has 0 aromatic carbocycles. The van der Waals surface area contributed by atoms with Crippen LogP contribution in [0.1, 0.15) is 38.5 Å². The number of nitrogens with two attached hydrogens (primary N) is 1. The molecule has 0 atom stereocenters. The van der Waals surface area contributed by atoms with Crippen LogP contribution in [0.15, 0.2) is 0 Å². The van der Waals surface area contributed by atoms with E-state index in [1.165, 1.54) is 38.5 Å². The number of hydrogen-bond donors (Lipinski definition) is 2. The molecule has 4 aliphatic rings. The fourth-order valence-corrected chi connectivity index (χ4v) is 5.51. The molecule has 0 aromatic heterocycles. The van der Waals surface area contributed by atoms with Crippen LogP contribution < -0.4 is 5.73 Å². The molecule has 2 nitrogen and oxygen atoms in total. The minimum atomic E-state index is 0.311. The Labute approximate surface area is 95.9 Å². The van der Waals surface area contributed by atoms with Gasteiger partial charge in [0.15, 0.2) is 5.17 Å². The normalized spacial score (nSPS) is 47.1. The van der Waals surface area contributed by atoms with Gasteiger partial charge in [0.05, 0.1) is 0 Å². The minimum absolute atomic E-state index is 0.311. The fourth-order valence-electron chi connectivity index (χ4n) is 4.70. The lowest BCUT2D eigenvalue weighted by molar-refractivity contribution is -0.0380. The van der Waals surface area contributed by atoms with E-state index in [1.807, 2.05) is 0 Å². The van der Waals surface area contributed by atoms with Gasteiger partial charge in [0, 0.05) is 5.75 Å². The first kappa shape index (κ1) is 10.0. The molecule has 4 aliphatic carbocycles. The van der Waals surface area contributed by atoms with Crippen LogP contribution in [0.4, 0.5) is 0 Å². The smallest absolute Gasteiger partial charge is 0.151 e. The fraction of sp³-hybridized carbons (Fsp3) is 0.917. The molecular formula is C12H20N2S. The molecule has 3 heteroatoms. The van der Waals surface area contributed by atoms with Gasteiger partial charge in [-0.25, -0.2) is 0 Å². The molecule has 84 valence electrons. The van der Waals surface area contributed by atoms with Crippen LogP contribution in [0.2, 0.25) is 0 Å². The third kappa shape index (κ3) is 1.79. The Morgan fingerprint density at radius 3 is 2.00 bits per heavy atom. The Bertz CT molecular complexity index is 252. The Kier molecular flexibility index (Phi) is 2.27. The van der Waals surface area contributed by atoms with Gasteiger partial charge in [-0.15, -0.1) is 0 Å². The van der Waals surface area contributed by atoms with Gasteiger partial charge in [0.1, 0.15) is 0 Å². The van der Waals surface area contributed by atoms with Crippen LogP contribution in [-0.4, -0.2) is 10.9 Å². The molecule has 0 aliphatic heterocycles. The summed E-state index contributed by atoms with van der Waals surface area (Å²) in [5, 5.41) is 7.66. The monoisotopic (exact) mass is 224 g/mol. The Balaban J connectivity index is 1.72. The molecule has 0 aromatic rings. The van der Waals surface area contributed by atoms with Crippen molar-refractivity contribution < 1.29 is 0 Å². The molecule has 4 fully saturated rings.